The molecule has 0 amide bonds. The predicted molar refractivity (Wildman–Crippen MR) is 137 cm³/mol. The van der Waals surface area contributed by atoms with E-state index in [1.54, 1.807) is 0 Å². The SMILES string of the molecule is CCCC=CCOc1ccc(C#Cc2ccc(OCCCCCCCCCC)cc2)cc1. The predicted octanol–water partition coefficient (Wildman–Crippen LogP) is 8.34. The van der Waals surface area contributed by atoms with E-state index in [-0.39, 0.29) is 0 Å². The van der Waals surface area contributed by atoms with Crippen molar-refractivity contribution >= 4 is 0 Å². The van der Waals surface area contributed by atoms with Crippen LogP contribution in [0.2, 0.25) is 0 Å². The standard InChI is InChI=1S/C30H40O2/c1-3-5-7-9-10-11-12-14-26-32-30-23-19-28(20-24-30)16-15-27-17-21-29(22-18-27)31-25-13-8-6-4-2/h8,13,17-24H,3-7,9-12,14,25-26H2,1-2H3. The van der Waals surface area contributed by atoms with Crippen LogP contribution in [0.15, 0.2) is 60.7 Å². The minimum absolute atomic E-state index is 0.610. The zero-order chi connectivity index (χ0) is 22.7. The fraction of sp³-hybridized carbons (Fsp3) is 0.467. The van der Waals surface area contributed by atoms with Gasteiger partial charge in [0.1, 0.15) is 18.1 Å². The highest BCUT2D eigenvalue weighted by atomic mass is 16.5. The first kappa shape index (κ1) is 25.6. The summed E-state index contributed by atoms with van der Waals surface area (Å²) in [6, 6.07) is 16.0. The van der Waals surface area contributed by atoms with Crippen LogP contribution < -0.4 is 9.47 Å². The van der Waals surface area contributed by atoms with E-state index in [1.165, 1.54) is 51.4 Å². The van der Waals surface area contributed by atoms with Crippen LogP contribution in [0.4, 0.5) is 0 Å². The van der Waals surface area contributed by atoms with E-state index in [4.69, 9.17) is 9.47 Å². The van der Waals surface area contributed by atoms with Crippen molar-refractivity contribution in [2.45, 2.75) is 78.1 Å². The Morgan fingerprint density at radius 2 is 1.12 bits per heavy atom. The summed E-state index contributed by atoms with van der Waals surface area (Å²) in [7, 11) is 0. The molecule has 0 aliphatic rings. The molecule has 0 N–H and O–H groups in total. The quantitative estimate of drug-likeness (QED) is 0.160. The molecule has 0 aromatic heterocycles. The van der Waals surface area contributed by atoms with Crippen molar-refractivity contribution < 1.29 is 9.47 Å². The number of hydrogen-bond donors (Lipinski definition) is 0. The number of benzene rings is 2. The highest BCUT2D eigenvalue weighted by molar-refractivity contribution is 5.45. The average molecular weight is 433 g/mol. The molecule has 0 saturated heterocycles. The van der Waals surface area contributed by atoms with Crippen LogP contribution in [-0.2, 0) is 0 Å². The highest BCUT2D eigenvalue weighted by Crippen LogP contribution is 2.15. The molecule has 2 rings (SSSR count). The van der Waals surface area contributed by atoms with Crippen LogP contribution in [-0.4, -0.2) is 13.2 Å². The zero-order valence-electron chi connectivity index (χ0n) is 20.1. The molecule has 0 fully saturated rings. The second-order valence-electron chi connectivity index (χ2n) is 8.19. The lowest BCUT2D eigenvalue weighted by molar-refractivity contribution is 0.304. The second kappa shape index (κ2) is 17.0. The Balaban J connectivity index is 1.66. The van der Waals surface area contributed by atoms with Gasteiger partial charge in [-0.05, 0) is 61.4 Å². The minimum Gasteiger partial charge on any atom is -0.494 e. The molecule has 32 heavy (non-hydrogen) atoms. The van der Waals surface area contributed by atoms with Gasteiger partial charge in [-0.2, -0.15) is 0 Å². The molecule has 0 heterocycles. The maximum atomic E-state index is 5.87. The van der Waals surface area contributed by atoms with Gasteiger partial charge in [0.05, 0.1) is 6.61 Å². The van der Waals surface area contributed by atoms with E-state index in [1.807, 2.05) is 48.5 Å². The Morgan fingerprint density at radius 3 is 1.69 bits per heavy atom. The summed E-state index contributed by atoms with van der Waals surface area (Å²) in [6.45, 7) is 5.84. The largest absolute Gasteiger partial charge is 0.494 e. The third-order valence-corrected chi connectivity index (χ3v) is 5.29. The molecule has 2 heteroatoms. The molecule has 0 radical (unpaired) electrons. The fourth-order valence-corrected chi connectivity index (χ4v) is 3.34. The van der Waals surface area contributed by atoms with Gasteiger partial charge in [-0.1, -0.05) is 89.2 Å². The van der Waals surface area contributed by atoms with Crippen molar-refractivity contribution in [1.29, 1.82) is 0 Å². The first-order valence-electron chi connectivity index (χ1n) is 12.4. The minimum atomic E-state index is 0.610. The number of ether oxygens (including phenoxy) is 2. The molecule has 0 aliphatic heterocycles. The summed E-state index contributed by atoms with van der Waals surface area (Å²) in [5.74, 6) is 8.23. The summed E-state index contributed by atoms with van der Waals surface area (Å²) in [5.41, 5.74) is 1.97. The molecule has 2 aromatic rings. The van der Waals surface area contributed by atoms with Crippen molar-refractivity contribution in [2.75, 3.05) is 13.2 Å². The summed E-state index contributed by atoms with van der Waals surface area (Å²) in [5, 5.41) is 0. The fourth-order valence-electron chi connectivity index (χ4n) is 3.34. The molecule has 0 atom stereocenters. The van der Waals surface area contributed by atoms with E-state index in [9.17, 15) is 0 Å². The van der Waals surface area contributed by atoms with Gasteiger partial charge in [0.2, 0.25) is 0 Å². The molecule has 0 aliphatic carbocycles. The van der Waals surface area contributed by atoms with Gasteiger partial charge < -0.3 is 9.47 Å². The normalized spacial score (nSPS) is 10.7. The monoisotopic (exact) mass is 432 g/mol. The zero-order valence-corrected chi connectivity index (χ0v) is 20.1. The molecule has 0 unspecified atom stereocenters. The van der Waals surface area contributed by atoms with Gasteiger partial charge in [-0.15, -0.1) is 0 Å². The van der Waals surface area contributed by atoms with Gasteiger partial charge in [-0.25, -0.2) is 0 Å². The van der Waals surface area contributed by atoms with Crippen molar-refractivity contribution in [3.63, 3.8) is 0 Å². The van der Waals surface area contributed by atoms with Crippen LogP contribution in [0.5, 0.6) is 11.5 Å². The van der Waals surface area contributed by atoms with E-state index >= 15 is 0 Å². The molecule has 0 saturated carbocycles. The maximum absolute atomic E-state index is 5.87. The molecular weight excluding hydrogens is 392 g/mol. The number of rotatable bonds is 15. The second-order valence-corrected chi connectivity index (χ2v) is 8.19. The van der Waals surface area contributed by atoms with Gasteiger partial charge in [0.15, 0.2) is 0 Å². The Bertz CT molecular complexity index is 807. The average Bonchev–Trinajstić information content (AvgIpc) is 2.83. The van der Waals surface area contributed by atoms with E-state index in [2.05, 4.69) is 37.8 Å². The smallest absolute Gasteiger partial charge is 0.119 e. The van der Waals surface area contributed by atoms with Crippen LogP contribution in [0, 0.1) is 11.8 Å². The van der Waals surface area contributed by atoms with Crippen molar-refractivity contribution in [2.24, 2.45) is 0 Å². The first-order chi connectivity index (χ1) is 15.8. The van der Waals surface area contributed by atoms with E-state index < -0.39 is 0 Å². The van der Waals surface area contributed by atoms with Crippen molar-refractivity contribution in [3.05, 3.63) is 71.8 Å². The van der Waals surface area contributed by atoms with Gasteiger partial charge in [0.25, 0.3) is 0 Å². The van der Waals surface area contributed by atoms with Crippen LogP contribution in [0.3, 0.4) is 0 Å². The maximum Gasteiger partial charge on any atom is 0.119 e. The van der Waals surface area contributed by atoms with Crippen molar-refractivity contribution in [1.82, 2.24) is 0 Å². The lowest BCUT2D eigenvalue weighted by Crippen LogP contribution is -1.97. The molecule has 172 valence electrons. The molecule has 0 bridgehead atoms. The number of unbranched alkanes of at least 4 members (excludes halogenated alkanes) is 8. The third kappa shape index (κ3) is 11.7. The topological polar surface area (TPSA) is 18.5 Å². The highest BCUT2D eigenvalue weighted by Gasteiger charge is 1.96. The van der Waals surface area contributed by atoms with Gasteiger partial charge in [0, 0.05) is 11.1 Å². The molecular formula is C30H40O2. The summed E-state index contributed by atoms with van der Waals surface area (Å²) >= 11 is 0. The summed E-state index contributed by atoms with van der Waals surface area (Å²) in [4.78, 5) is 0. The molecule has 0 spiro atoms. The van der Waals surface area contributed by atoms with Crippen LogP contribution in [0.1, 0.15) is 89.2 Å². The Labute approximate surface area is 196 Å². The first-order valence-corrected chi connectivity index (χ1v) is 12.4. The lowest BCUT2D eigenvalue weighted by Gasteiger charge is -2.06. The van der Waals surface area contributed by atoms with Crippen LogP contribution in [0.25, 0.3) is 0 Å². The molecule has 2 aromatic carbocycles. The van der Waals surface area contributed by atoms with Crippen molar-refractivity contribution in [3.8, 4) is 23.3 Å². The Hall–Kier alpha value is -2.66. The Morgan fingerprint density at radius 1 is 0.594 bits per heavy atom. The summed E-state index contributed by atoms with van der Waals surface area (Å²) < 4.78 is 11.6. The van der Waals surface area contributed by atoms with E-state index in [0.717, 1.165) is 42.1 Å². The van der Waals surface area contributed by atoms with E-state index in [0.29, 0.717) is 6.61 Å². The van der Waals surface area contributed by atoms with Gasteiger partial charge in [-0.3, -0.25) is 0 Å². The number of allylic oxidation sites excluding steroid dienone is 1. The van der Waals surface area contributed by atoms with Crippen LogP contribution >= 0.6 is 0 Å². The van der Waals surface area contributed by atoms with Gasteiger partial charge >= 0.3 is 0 Å². The summed E-state index contributed by atoms with van der Waals surface area (Å²) in [6.07, 6.45) is 17.0. The number of hydrogen-bond acceptors (Lipinski definition) is 2. The Kier molecular flexibility index (Phi) is 13.6. The lowest BCUT2D eigenvalue weighted by atomic mass is 10.1. The molecule has 2 nitrogen and oxygen atoms in total. The third-order valence-electron chi connectivity index (χ3n) is 5.29.